The summed E-state index contributed by atoms with van der Waals surface area (Å²) in [5.74, 6) is -0.0759. The summed E-state index contributed by atoms with van der Waals surface area (Å²) in [6.07, 6.45) is 2.12. The molecule has 1 aromatic rings. The van der Waals surface area contributed by atoms with Crippen molar-refractivity contribution in [3.8, 4) is 0 Å². The van der Waals surface area contributed by atoms with Crippen molar-refractivity contribution in [2.24, 2.45) is 0 Å². The highest BCUT2D eigenvalue weighted by Crippen LogP contribution is 2.21. The molecule has 1 atom stereocenters. The van der Waals surface area contributed by atoms with Crippen LogP contribution in [-0.4, -0.2) is 25.0 Å². The van der Waals surface area contributed by atoms with E-state index >= 15 is 0 Å². The van der Waals surface area contributed by atoms with Crippen LogP contribution in [0.15, 0.2) is 22.7 Å². The highest BCUT2D eigenvalue weighted by atomic mass is 79.9. The molecule has 3 nitrogen and oxygen atoms in total. The van der Waals surface area contributed by atoms with Crippen LogP contribution >= 0.6 is 39.9 Å². The molecule has 0 bridgehead atoms. The van der Waals surface area contributed by atoms with Gasteiger partial charge in [0, 0.05) is 22.1 Å². The fraction of sp³-hybridized carbons (Fsp3) is 0.417. The molecule has 0 unspecified atom stereocenters. The van der Waals surface area contributed by atoms with E-state index < -0.39 is 0 Å². The molecule has 1 saturated heterocycles. The van der Waals surface area contributed by atoms with Crippen LogP contribution in [0.3, 0.4) is 0 Å². The van der Waals surface area contributed by atoms with Gasteiger partial charge in [-0.05, 0) is 53.5 Å². The van der Waals surface area contributed by atoms with Crippen molar-refractivity contribution < 1.29 is 4.79 Å². The molecule has 18 heavy (non-hydrogen) atoms. The van der Waals surface area contributed by atoms with Crippen molar-refractivity contribution in [2.75, 3.05) is 13.1 Å². The van der Waals surface area contributed by atoms with Gasteiger partial charge < -0.3 is 10.6 Å². The highest BCUT2D eigenvalue weighted by Gasteiger charge is 2.17. The SMILES string of the molecule is Cl.O=C(N[C@H]1CCCNC1)c1cc(Cl)ccc1Br. The second-order valence-corrected chi connectivity index (χ2v) is 5.43. The Balaban J connectivity index is 0.00000162. The topological polar surface area (TPSA) is 41.1 Å². The van der Waals surface area contributed by atoms with Crippen LogP contribution in [0.1, 0.15) is 23.2 Å². The first-order chi connectivity index (χ1) is 8.16. The molecule has 1 aromatic carbocycles. The molecule has 1 amide bonds. The molecule has 2 rings (SSSR count). The number of nitrogens with one attached hydrogen (secondary N) is 2. The number of amides is 1. The molecule has 1 aliphatic rings. The minimum Gasteiger partial charge on any atom is -0.348 e. The summed E-state index contributed by atoms with van der Waals surface area (Å²) in [6, 6.07) is 5.43. The summed E-state index contributed by atoms with van der Waals surface area (Å²) in [6.45, 7) is 1.87. The van der Waals surface area contributed by atoms with E-state index in [1.807, 2.05) is 0 Å². The molecule has 0 aliphatic carbocycles. The van der Waals surface area contributed by atoms with Gasteiger partial charge in [0.25, 0.3) is 5.91 Å². The van der Waals surface area contributed by atoms with Gasteiger partial charge in [-0.3, -0.25) is 4.79 Å². The summed E-state index contributed by atoms with van der Waals surface area (Å²) in [4.78, 5) is 12.1. The number of hydrogen-bond donors (Lipinski definition) is 2. The van der Waals surface area contributed by atoms with E-state index in [0.717, 1.165) is 30.4 Å². The zero-order valence-corrected chi connectivity index (χ0v) is 12.9. The summed E-state index contributed by atoms with van der Waals surface area (Å²) in [5.41, 5.74) is 0.586. The Morgan fingerprint density at radius 3 is 2.94 bits per heavy atom. The standard InChI is InChI=1S/C12H14BrClN2O.ClH/c13-11-4-3-8(14)6-10(11)12(17)16-9-2-1-5-15-7-9;/h3-4,6,9,15H,1-2,5,7H2,(H,16,17);1H/t9-;/m0./s1. The monoisotopic (exact) mass is 352 g/mol. The number of piperidine rings is 1. The van der Waals surface area contributed by atoms with E-state index in [-0.39, 0.29) is 24.4 Å². The Kier molecular flexibility index (Phi) is 6.43. The Morgan fingerprint density at radius 1 is 1.50 bits per heavy atom. The lowest BCUT2D eigenvalue weighted by atomic mass is 10.1. The molecule has 2 N–H and O–H groups in total. The zero-order chi connectivity index (χ0) is 12.3. The Morgan fingerprint density at radius 2 is 2.28 bits per heavy atom. The molecule has 100 valence electrons. The van der Waals surface area contributed by atoms with Crippen molar-refractivity contribution >= 4 is 45.8 Å². The van der Waals surface area contributed by atoms with Gasteiger partial charge in [-0.1, -0.05) is 11.6 Å². The average Bonchev–Trinajstić information content (AvgIpc) is 2.33. The molecule has 1 heterocycles. The maximum Gasteiger partial charge on any atom is 0.252 e. The van der Waals surface area contributed by atoms with Gasteiger partial charge >= 0.3 is 0 Å². The Hall–Kier alpha value is -0.290. The van der Waals surface area contributed by atoms with Gasteiger partial charge in [0.15, 0.2) is 0 Å². The lowest BCUT2D eigenvalue weighted by molar-refractivity contribution is 0.0930. The lowest BCUT2D eigenvalue weighted by Gasteiger charge is -2.24. The van der Waals surface area contributed by atoms with Crippen LogP contribution in [-0.2, 0) is 0 Å². The molecule has 6 heteroatoms. The third kappa shape index (κ3) is 4.12. The number of hydrogen-bond acceptors (Lipinski definition) is 2. The molecule has 1 aliphatic heterocycles. The van der Waals surface area contributed by atoms with Crippen LogP contribution in [0.4, 0.5) is 0 Å². The van der Waals surface area contributed by atoms with E-state index in [2.05, 4.69) is 26.6 Å². The van der Waals surface area contributed by atoms with E-state index in [1.165, 1.54) is 0 Å². The van der Waals surface area contributed by atoms with Crippen molar-refractivity contribution in [3.05, 3.63) is 33.3 Å². The predicted molar refractivity (Wildman–Crippen MR) is 79.8 cm³/mol. The van der Waals surface area contributed by atoms with E-state index in [0.29, 0.717) is 10.6 Å². The number of rotatable bonds is 2. The first-order valence-electron chi connectivity index (χ1n) is 5.63. The normalized spacial score (nSPS) is 18.9. The van der Waals surface area contributed by atoms with E-state index in [4.69, 9.17) is 11.6 Å². The molecule has 0 radical (unpaired) electrons. The third-order valence-electron chi connectivity index (χ3n) is 2.81. The van der Waals surface area contributed by atoms with Crippen LogP contribution in [0.5, 0.6) is 0 Å². The second-order valence-electron chi connectivity index (χ2n) is 4.14. The number of carbonyl (C=O) groups is 1. The first-order valence-corrected chi connectivity index (χ1v) is 6.80. The van der Waals surface area contributed by atoms with Crippen molar-refractivity contribution in [1.82, 2.24) is 10.6 Å². The first kappa shape index (κ1) is 15.8. The number of benzene rings is 1. The summed E-state index contributed by atoms with van der Waals surface area (Å²) in [7, 11) is 0. The van der Waals surface area contributed by atoms with Crippen LogP contribution in [0.2, 0.25) is 5.02 Å². The van der Waals surface area contributed by atoms with Crippen LogP contribution < -0.4 is 10.6 Å². The van der Waals surface area contributed by atoms with Gasteiger partial charge in [-0.25, -0.2) is 0 Å². The minimum absolute atomic E-state index is 0. The van der Waals surface area contributed by atoms with E-state index in [9.17, 15) is 4.79 Å². The van der Waals surface area contributed by atoms with Gasteiger partial charge in [0.1, 0.15) is 0 Å². The molecule has 0 aromatic heterocycles. The Labute approximate surface area is 126 Å². The van der Waals surface area contributed by atoms with Crippen molar-refractivity contribution in [1.29, 1.82) is 0 Å². The van der Waals surface area contributed by atoms with Crippen molar-refractivity contribution in [2.45, 2.75) is 18.9 Å². The smallest absolute Gasteiger partial charge is 0.252 e. The average molecular weight is 354 g/mol. The quantitative estimate of drug-likeness (QED) is 0.858. The summed E-state index contributed by atoms with van der Waals surface area (Å²) >= 11 is 9.25. The van der Waals surface area contributed by atoms with Crippen LogP contribution in [0, 0.1) is 0 Å². The highest BCUT2D eigenvalue weighted by molar-refractivity contribution is 9.10. The van der Waals surface area contributed by atoms with Gasteiger partial charge in [-0.2, -0.15) is 0 Å². The lowest BCUT2D eigenvalue weighted by Crippen LogP contribution is -2.45. The summed E-state index contributed by atoms with van der Waals surface area (Å²) < 4.78 is 0.767. The largest absolute Gasteiger partial charge is 0.348 e. The molecule has 1 fully saturated rings. The van der Waals surface area contributed by atoms with Gasteiger partial charge in [0.2, 0.25) is 0 Å². The fourth-order valence-corrected chi connectivity index (χ4v) is 2.51. The predicted octanol–water partition coefficient (Wildman–Crippen LogP) is 3.01. The second kappa shape index (κ2) is 7.34. The van der Waals surface area contributed by atoms with Crippen LogP contribution in [0.25, 0.3) is 0 Å². The minimum atomic E-state index is -0.0759. The Bertz CT molecular complexity index is 423. The fourth-order valence-electron chi connectivity index (χ4n) is 1.91. The van der Waals surface area contributed by atoms with Gasteiger partial charge in [-0.15, -0.1) is 12.4 Å². The number of halogens is 3. The molecular weight excluding hydrogens is 339 g/mol. The summed E-state index contributed by atoms with van der Waals surface area (Å²) in [5, 5.41) is 6.85. The molecule has 0 spiro atoms. The van der Waals surface area contributed by atoms with E-state index in [1.54, 1.807) is 18.2 Å². The molecular formula is C12H15BrCl2N2O. The van der Waals surface area contributed by atoms with Gasteiger partial charge in [0.05, 0.1) is 5.56 Å². The number of carbonyl (C=O) groups excluding carboxylic acids is 1. The van der Waals surface area contributed by atoms with Crippen molar-refractivity contribution in [3.63, 3.8) is 0 Å². The maximum absolute atomic E-state index is 12.1. The third-order valence-corrected chi connectivity index (χ3v) is 3.73. The maximum atomic E-state index is 12.1. The molecule has 0 saturated carbocycles. The zero-order valence-electron chi connectivity index (χ0n) is 9.71.